The Morgan fingerprint density at radius 1 is 0.923 bits per heavy atom. The Morgan fingerprint density at radius 2 is 1.58 bits per heavy atom. The molecule has 134 valence electrons. The summed E-state index contributed by atoms with van der Waals surface area (Å²) in [6.45, 7) is 2.61. The first kappa shape index (κ1) is 16.9. The average molecular weight is 349 g/mol. The van der Waals surface area contributed by atoms with Crippen molar-refractivity contribution in [3.63, 3.8) is 0 Å². The van der Waals surface area contributed by atoms with E-state index in [-0.39, 0.29) is 11.8 Å². The van der Waals surface area contributed by atoms with Crippen molar-refractivity contribution in [2.24, 2.45) is 0 Å². The zero-order valence-electron chi connectivity index (χ0n) is 14.8. The summed E-state index contributed by atoms with van der Waals surface area (Å²) in [5.74, 6) is -0.303. The van der Waals surface area contributed by atoms with Gasteiger partial charge in [0.1, 0.15) is 0 Å². The van der Waals surface area contributed by atoms with Crippen molar-refractivity contribution in [1.82, 2.24) is 14.8 Å². The maximum Gasteiger partial charge on any atom is 0.261 e. The molecule has 2 aliphatic heterocycles. The zero-order valence-corrected chi connectivity index (χ0v) is 14.8. The molecule has 1 aromatic carbocycles. The number of rotatable bonds is 6. The van der Waals surface area contributed by atoms with E-state index in [9.17, 15) is 9.59 Å². The predicted molar refractivity (Wildman–Crippen MR) is 98.8 cm³/mol. The first-order valence-electron chi connectivity index (χ1n) is 9.35. The van der Waals surface area contributed by atoms with Crippen LogP contribution in [-0.4, -0.2) is 46.2 Å². The highest BCUT2D eigenvalue weighted by Crippen LogP contribution is 2.31. The number of amides is 2. The van der Waals surface area contributed by atoms with Gasteiger partial charge in [0.2, 0.25) is 0 Å². The van der Waals surface area contributed by atoms with Crippen molar-refractivity contribution in [2.75, 3.05) is 19.6 Å². The number of unbranched alkanes of at least 4 members (excludes halogenated alkanes) is 1. The molecule has 2 aliphatic rings. The van der Waals surface area contributed by atoms with Gasteiger partial charge in [0.25, 0.3) is 11.8 Å². The highest BCUT2D eigenvalue weighted by molar-refractivity contribution is 6.21. The number of benzene rings is 1. The summed E-state index contributed by atoms with van der Waals surface area (Å²) >= 11 is 0. The standard InChI is InChI=1S/C21H23N3O2/c25-20-17-6-1-2-7-18(17)21(26)24(20)15-4-3-13-23-14-5-8-19(23)16-9-11-22-12-10-16/h1-2,6-7,9-12,19H,3-5,8,13-15H2/t19-/m1/s1. The molecule has 0 bridgehead atoms. The molecule has 0 aliphatic carbocycles. The highest BCUT2D eigenvalue weighted by atomic mass is 16.2. The van der Waals surface area contributed by atoms with E-state index in [1.54, 1.807) is 24.3 Å². The number of fused-ring (bicyclic) bond motifs is 1. The molecule has 2 amide bonds. The Hall–Kier alpha value is -2.53. The van der Waals surface area contributed by atoms with Gasteiger partial charge in [0.05, 0.1) is 11.1 Å². The quantitative estimate of drug-likeness (QED) is 0.593. The second-order valence-corrected chi connectivity index (χ2v) is 6.99. The number of imide groups is 1. The molecule has 5 heteroatoms. The zero-order chi connectivity index (χ0) is 17.9. The van der Waals surface area contributed by atoms with Crippen molar-refractivity contribution in [1.29, 1.82) is 0 Å². The second kappa shape index (κ2) is 7.38. The van der Waals surface area contributed by atoms with Gasteiger partial charge in [-0.05, 0) is 68.6 Å². The first-order chi connectivity index (χ1) is 12.8. The van der Waals surface area contributed by atoms with Gasteiger partial charge >= 0.3 is 0 Å². The number of hydrogen-bond donors (Lipinski definition) is 0. The fraction of sp³-hybridized carbons (Fsp3) is 0.381. The van der Waals surface area contributed by atoms with E-state index in [4.69, 9.17) is 0 Å². The summed E-state index contributed by atoms with van der Waals surface area (Å²) < 4.78 is 0. The molecule has 1 fully saturated rings. The molecule has 26 heavy (non-hydrogen) atoms. The lowest BCUT2D eigenvalue weighted by Crippen LogP contribution is -2.31. The lowest BCUT2D eigenvalue weighted by molar-refractivity contribution is 0.0650. The monoisotopic (exact) mass is 349 g/mol. The van der Waals surface area contributed by atoms with Crippen molar-refractivity contribution in [3.8, 4) is 0 Å². The first-order valence-corrected chi connectivity index (χ1v) is 9.35. The molecule has 0 radical (unpaired) electrons. The number of hydrogen-bond acceptors (Lipinski definition) is 4. The van der Waals surface area contributed by atoms with Crippen LogP contribution < -0.4 is 0 Å². The van der Waals surface area contributed by atoms with Crippen LogP contribution in [-0.2, 0) is 0 Å². The SMILES string of the molecule is O=C1c2ccccc2C(=O)N1CCCCN1CCC[C@@H]1c1ccncc1. The van der Waals surface area contributed by atoms with E-state index in [1.807, 2.05) is 12.4 Å². The third kappa shape index (κ3) is 3.15. The van der Waals surface area contributed by atoms with Crippen LogP contribution in [0.5, 0.6) is 0 Å². The van der Waals surface area contributed by atoms with Gasteiger partial charge in [-0.15, -0.1) is 0 Å². The van der Waals surface area contributed by atoms with Gasteiger partial charge in [-0.2, -0.15) is 0 Å². The van der Waals surface area contributed by atoms with Crippen molar-refractivity contribution < 1.29 is 9.59 Å². The normalized spacial score (nSPS) is 20.0. The molecule has 5 nitrogen and oxygen atoms in total. The topological polar surface area (TPSA) is 53.5 Å². The lowest BCUT2D eigenvalue weighted by atomic mass is 10.1. The van der Waals surface area contributed by atoms with Gasteiger partial charge < -0.3 is 0 Å². The van der Waals surface area contributed by atoms with Crippen molar-refractivity contribution in [3.05, 3.63) is 65.5 Å². The summed E-state index contributed by atoms with van der Waals surface area (Å²) in [5.41, 5.74) is 2.41. The molecular formula is C21H23N3O2. The molecule has 2 aromatic rings. The molecule has 0 saturated carbocycles. The number of pyridine rings is 1. The average Bonchev–Trinajstić information content (AvgIpc) is 3.24. The maximum atomic E-state index is 12.4. The third-order valence-corrected chi connectivity index (χ3v) is 5.41. The smallest absolute Gasteiger partial charge is 0.261 e. The Bertz CT molecular complexity index is 771. The fourth-order valence-corrected chi connectivity index (χ4v) is 4.08. The number of nitrogens with zero attached hydrogens (tertiary/aromatic N) is 3. The van der Waals surface area contributed by atoms with Gasteiger partial charge in [0.15, 0.2) is 0 Å². The Balaban J connectivity index is 1.30. The summed E-state index contributed by atoms with van der Waals surface area (Å²) in [7, 11) is 0. The summed E-state index contributed by atoms with van der Waals surface area (Å²) in [4.78, 5) is 32.8. The van der Waals surface area contributed by atoms with E-state index < -0.39 is 0 Å². The number of aromatic nitrogens is 1. The largest absolute Gasteiger partial charge is 0.296 e. The van der Waals surface area contributed by atoms with Crippen molar-refractivity contribution >= 4 is 11.8 Å². The van der Waals surface area contributed by atoms with Crippen LogP contribution >= 0.6 is 0 Å². The van der Waals surface area contributed by atoms with Crippen LogP contribution in [0.4, 0.5) is 0 Å². The highest BCUT2D eigenvalue weighted by Gasteiger charge is 2.34. The minimum absolute atomic E-state index is 0.151. The van der Waals surface area contributed by atoms with Crippen LogP contribution in [0, 0.1) is 0 Å². The number of carbonyl (C=O) groups excluding carboxylic acids is 2. The minimum Gasteiger partial charge on any atom is -0.296 e. The van der Waals surface area contributed by atoms with Crippen LogP contribution in [0.2, 0.25) is 0 Å². The van der Waals surface area contributed by atoms with Crippen molar-refractivity contribution in [2.45, 2.75) is 31.7 Å². The molecule has 3 heterocycles. The van der Waals surface area contributed by atoms with Gasteiger partial charge in [0, 0.05) is 25.0 Å². The molecule has 0 unspecified atom stereocenters. The molecule has 4 rings (SSSR count). The molecular weight excluding hydrogens is 326 g/mol. The third-order valence-electron chi connectivity index (χ3n) is 5.41. The Kier molecular flexibility index (Phi) is 4.80. The lowest BCUT2D eigenvalue weighted by Gasteiger charge is -2.25. The van der Waals surface area contributed by atoms with Crippen LogP contribution in [0.15, 0.2) is 48.8 Å². The van der Waals surface area contributed by atoms with Crippen LogP contribution in [0.3, 0.4) is 0 Å². The fourth-order valence-electron chi connectivity index (χ4n) is 4.08. The number of carbonyl (C=O) groups is 2. The molecule has 0 spiro atoms. The van der Waals surface area contributed by atoms with E-state index in [0.29, 0.717) is 23.7 Å². The Morgan fingerprint density at radius 3 is 2.27 bits per heavy atom. The summed E-state index contributed by atoms with van der Waals surface area (Å²) in [6.07, 6.45) is 7.93. The summed E-state index contributed by atoms with van der Waals surface area (Å²) in [6, 6.07) is 11.7. The van der Waals surface area contributed by atoms with E-state index in [2.05, 4.69) is 22.0 Å². The molecule has 1 atom stereocenters. The van der Waals surface area contributed by atoms with Gasteiger partial charge in [-0.25, -0.2) is 0 Å². The molecule has 1 aromatic heterocycles. The van der Waals surface area contributed by atoms with Gasteiger partial charge in [-0.3, -0.25) is 24.4 Å². The number of likely N-dealkylation sites (tertiary alicyclic amines) is 1. The summed E-state index contributed by atoms with van der Waals surface area (Å²) in [5, 5.41) is 0. The van der Waals surface area contributed by atoms with E-state index in [1.165, 1.54) is 23.3 Å². The van der Waals surface area contributed by atoms with E-state index >= 15 is 0 Å². The molecule has 1 saturated heterocycles. The second-order valence-electron chi connectivity index (χ2n) is 6.99. The Labute approximate surface area is 153 Å². The molecule has 0 N–H and O–H groups in total. The van der Waals surface area contributed by atoms with Gasteiger partial charge in [-0.1, -0.05) is 12.1 Å². The van der Waals surface area contributed by atoms with Crippen LogP contribution in [0.1, 0.15) is 58.0 Å². The van der Waals surface area contributed by atoms with E-state index in [0.717, 1.165) is 25.9 Å². The van der Waals surface area contributed by atoms with Crippen LogP contribution in [0.25, 0.3) is 0 Å². The maximum absolute atomic E-state index is 12.4. The minimum atomic E-state index is -0.151. The predicted octanol–water partition coefficient (Wildman–Crippen LogP) is 3.29.